The highest BCUT2D eigenvalue weighted by molar-refractivity contribution is 5.97. The van der Waals surface area contributed by atoms with Gasteiger partial charge in [-0.15, -0.1) is 0 Å². The highest BCUT2D eigenvalue weighted by atomic mass is 15.2. The zero-order valence-electron chi connectivity index (χ0n) is 13.8. The fraction of sp³-hybridized carbons (Fsp3) is 0.0476. The number of rotatable bonds is 2. The van der Waals surface area contributed by atoms with Crippen LogP contribution in [0.4, 0.5) is 0 Å². The average Bonchev–Trinajstić information content (AvgIpc) is 3.23. The van der Waals surface area contributed by atoms with Crippen molar-refractivity contribution in [3.63, 3.8) is 0 Å². The van der Waals surface area contributed by atoms with Crippen molar-refractivity contribution in [3.05, 3.63) is 73.2 Å². The van der Waals surface area contributed by atoms with E-state index in [1.165, 1.54) is 11.1 Å². The molecule has 0 unspecified atom stereocenters. The van der Waals surface area contributed by atoms with Gasteiger partial charge in [-0.3, -0.25) is 4.68 Å². The Labute approximate surface area is 144 Å². The Balaban J connectivity index is 1.69. The zero-order valence-corrected chi connectivity index (χ0v) is 13.8. The molecule has 0 aliphatic carbocycles. The highest BCUT2D eigenvalue weighted by Gasteiger charge is 2.10. The largest absolute Gasteiger partial charge is 0.346 e. The summed E-state index contributed by atoms with van der Waals surface area (Å²) in [6.07, 6.45) is 5.99. The molecule has 0 saturated heterocycles. The maximum atomic E-state index is 4.60. The molecule has 1 N–H and O–H groups in total. The van der Waals surface area contributed by atoms with Gasteiger partial charge in [0.1, 0.15) is 5.65 Å². The fourth-order valence-corrected chi connectivity index (χ4v) is 3.35. The molecule has 5 rings (SSSR count). The smallest absolute Gasteiger partial charge is 0.137 e. The Kier molecular flexibility index (Phi) is 2.97. The maximum absolute atomic E-state index is 4.60. The molecule has 4 heteroatoms. The molecule has 5 aromatic rings. The highest BCUT2D eigenvalue weighted by Crippen LogP contribution is 2.32. The van der Waals surface area contributed by atoms with E-state index in [9.17, 15) is 0 Å². The summed E-state index contributed by atoms with van der Waals surface area (Å²) >= 11 is 0. The second kappa shape index (κ2) is 5.31. The number of H-pyrrole nitrogens is 1. The summed E-state index contributed by atoms with van der Waals surface area (Å²) in [6.45, 7) is 0. The van der Waals surface area contributed by atoms with Crippen LogP contribution in [-0.2, 0) is 7.05 Å². The van der Waals surface area contributed by atoms with Crippen molar-refractivity contribution in [1.82, 2.24) is 19.7 Å². The van der Waals surface area contributed by atoms with Gasteiger partial charge in [0.05, 0.1) is 5.52 Å². The number of pyridine rings is 1. The van der Waals surface area contributed by atoms with E-state index in [4.69, 9.17) is 0 Å². The quantitative estimate of drug-likeness (QED) is 0.508. The van der Waals surface area contributed by atoms with Crippen LogP contribution < -0.4 is 0 Å². The summed E-state index contributed by atoms with van der Waals surface area (Å²) in [5, 5.41) is 6.72. The van der Waals surface area contributed by atoms with Crippen LogP contribution in [0.25, 0.3) is 44.2 Å². The predicted octanol–water partition coefficient (Wildman–Crippen LogP) is 4.78. The first kappa shape index (κ1) is 14.0. The molecule has 2 aromatic carbocycles. The normalized spacial score (nSPS) is 11.4. The van der Waals surface area contributed by atoms with Gasteiger partial charge >= 0.3 is 0 Å². The van der Waals surface area contributed by atoms with E-state index in [2.05, 4.69) is 51.5 Å². The number of aryl methyl sites for hydroxylation is 1. The van der Waals surface area contributed by atoms with Crippen molar-refractivity contribution in [2.24, 2.45) is 7.05 Å². The van der Waals surface area contributed by atoms with Gasteiger partial charge in [-0.05, 0) is 29.3 Å². The Morgan fingerprint density at radius 3 is 2.68 bits per heavy atom. The van der Waals surface area contributed by atoms with Crippen molar-refractivity contribution in [2.75, 3.05) is 0 Å². The van der Waals surface area contributed by atoms with Crippen LogP contribution in [0.5, 0.6) is 0 Å². The molecule has 0 bridgehead atoms. The van der Waals surface area contributed by atoms with Gasteiger partial charge in [-0.1, -0.05) is 36.4 Å². The van der Waals surface area contributed by atoms with E-state index in [0.717, 1.165) is 33.1 Å². The second-order valence-corrected chi connectivity index (χ2v) is 6.26. The molecule has 0 aliphatic heterocycles. The van der Waals surface area contributed by atoms with Gasteiger partial charge < -0.3 is 4.98 Å². The molecule has 120 valence electrons. The standard InChI is InChI=1S/C21H16N4/c1-25-13-17-9-15(7-8-20(17)24-25)19-12-23-21-18(19)10-16(11-22-21)14-5-3-2-4-6-14/h2-13H,1H3,(H,22,23). The molecule has 0 radical (unpaired) electrons. The van der Waals surface area contributed by atoms with Crippen LogP contribution in [0.3, 0.4) is 0 Å². The molecular weight excluding hydrogens is 308 g/mol. The monoisotopic (exact) mass is 324 g/mol. The van der Waals surface area contributed by atoms with Crippen molar-refractivity contribution in [1.29, 1.82) is 0 Å². The second-order valence-electron chi connectivity index (χ2n) is 6.26. The van der Waals surface area contributed by atoms with Crippen LogP contribution in [0, 0.1) is 0 Å². The third kappa shape index (κ3) is 2.31. The van der Waals surface area contributed by atoms with Gasteiger partial charge in [0.25, 0.3) is 0 Å². The van der Waals surface area contributed by atoms with Gasteiger partial charge in [-0.25, -0.2) is 4.98 Å². The molecule has 0 fully saturated rings. The lowest BCUT2D eigenvalue weighted by molar-refractivity contribution is 0.780. The van der Waals surface area contributed by atoms with Gasteiger partial charge in [-0.2, -0.15) is 5.10 Å². The first-order chi connectivity index (χ1) is 12.3. The van der Waals surface area contributed by atoms with Crippen LogP contribution in [0.1, 0.15) is 0 Å². The first-order valence-electron chi connectivity index (χ1n) is 8.24. The van der Waals surface area contributed by atoms with Gasteiger partial charge in [0.15, 0.2) is 0 Å². The Morgan fingerprint density at radius 1 is 0.920 bits per heavy atom. The number of benzene rings is 2. The number of hydrogen-bond acceptors (Lipinski definition) is 2. The number of aromatic amines is 1. The van der Waals surface area contributed by atoms with E-state index < -0.39 is 0 Å². The van der Waals surface area contributed by atoms with E-state index >= 15 is 0 Å². The maximum Gasteiger partial charge on any atom is 0.137 e. The summed E-state index contributed by atoms with van der Waals surface area (Å²) in [4.78, 5) is 7.88. The first-order valence-corrected chi connectivity index (χ1v) is 8.24. The van der Waals surface area contributed by atoms with Crippen LogP contribution >= 0.6 is 0 Å². The van der Waals surface area contributed by atoms with Crippen molar-refractivity contribution in [2.45, 2.75) is 0 Å². The van der Waals surface area contributed by atoms with E-state index in [1.807, 2.05) is 48.5 Å². The summed E-state index contributed by atoms with van der Waals surface area (Å²) in [5.41, 5.74) is 6.53. The topological polar surface area (TPSA) is 46.5 Å². The average molecular weight is 324 g/mol. The molecular formula is C21H16N4. The van der Waals surface area contributed by atoms with Gasteiger partial charge in [0.2, 0.25) is 0 Å². The van der Waals surface area contributed by atoms with Crippen LogP contribution in [0.15, 0.2) is 73.2 Å². The number of hydrogen-bond donors (Lipinski definition) is 1. The third-order valence-corrected chi connectivity index (χ3v) is 4.57. The Morgan fingerprint density at radius 2 is 1.80 bits per heavy atom. The summed E-state index contributed by atoms with van der Waals surface area (Å²) in [6, 6.07) is 18.9. The van der Waals surface area contributed by atoms with Gasteiger partial charge in [0, 0.05) is 47.5 Å². The Bertz CT molecular complexity index is 1200. The van der Waals surface area contributed by atoms with E-state index in [0.29, 0.717) is 0 Å². The minimum atomic E-state index is 0.904. The number of aromatic nitrogens is 4. The minimum Gasteiger partial charge on any atom is -0.346 e. The SMILES string of the molecule is Cn1cc2cc(-c3c[nH]c4ncc(-c5ccccc5)cc34)ccc2n1. The number of nitrogens with one attached hydrogen (secondary N) is 1. The zero-order chi connectivity index (χ0) is 16.8. The fourth-order valence-electron chi connectivity index (χ4n) is 3.35. The van der Waals surface area contributed by atoms with Crippen molar-refractivity contribution >= 4 is 21.9 Å². The minimum absolute atomic E-state index is 0.904. The van der Waals surface area contributed by atoms with Crippen LogP contribution in [0.2, 0.25) is 0 Å². The summed E-state index contributed by atoms with van der Waals surface area (Å²) in [7, 11) is 1.95. The van der Waals surface area contributed by atoms with E-state index in [1.54, 1.807) is 0 Å². The predicted molar refractivity (Wildman–Crippen MR) is 101 cm³/mol. The number of nitrogens with zero attached hydrogens (tertiary/aromatic N) is 3. The molecule has 25 heavy (non-hydrogen) atoms. The lowest BCUT2D eigenvalue weighted by atomic mass is 10.0. The molecule has 0 spiro atoms. The molecule has 3 aromatic heterocycles. The summed E-state index contributed by atoms with van der Waals surface area (Å²) in [5.74, 6) is 0. The lowest BCUT2D eigenvalue weighted by Gasteiger charge is -2.03. The molecule has 4 nitrogen and oxygen atoms in total. The molecule has 0 aliphatic rings. The van der Waals surface area contributed by atoms with Crippen LogP contribution in [-0.4, -0.2) is 19.7 Å². The molecule has 0 atom stereocenters. The number of fused-ring (bicyclic) bond motifs is 2. The van der Waals surface area contributed by atoms with Crippen molar-refractivity contribution < 1.29 is 0 Å². The summed E-state index contributed by atoms with van der Waals surface area (Å²) < 4.78 is 1.85. The molecule has 3 heterocycles. The lowest BCUT2D eigenvalue weighted by Crippen LogP contribution is -1.84. The van der Waals surface area contributed by atoms with E-state index in [-0.39, 0.29) is 0 Å². The molecule has 0 saturated carbocycles. The van der Waals surface area contributed by atoms with Crippen molar-refractivity contribution in [3.8, 4) is 22.3 Å². The third-order valence-electron chi connectivity index (χ3n) is 4.57. The Hall–Kier alpha value is -3.40. The molecule has 0 amide bonds.